The fraction of sp³-hybridized carbons (Fsp3) is 0.692. The normalized spacial score (nSPS) is 14.3. The molecule has 1 heterocycles. The number of hydrogen-bond donors (Lipinski definition) is 1. The van der Waals surface area contributed by atoms with Gasteiger partial charge in [0.2, 0.25) is 5.91 Å². The van der Waals surface area contributed by atoms with E-state index < -0.39 is 0 Å². The lowest BCUT2D eigenvalue weighted by molar-refractivity contribution is -0.131. The molecule has 0 aromatic carbocycles. The number of nitrogens with zero attached hydrogens (tertiary/aromatic N) is 2. The van der Waals surface area contributed by atoms with Crippen molar-refractivity contribution in [1.82, 2.24) is 15.2 Å². The van der Waals surface area contributed by atoms with Gasteiger partial charge in [0.25, 0.3) is 0 Å². The molecule has 102 valence electrons. The minimum Gasteiger partial charge on any atom is -0.345 e. The quantitative estimate of drug-likeness (QED) is 0.892. The number of carbonyl (C=O) groups excluding carboxylic acids is 1. The third-order valence-corrected chi connectivity index (χ3v) is 4.31. The maximum Gasteiger partial charge on any atom is 0.239 e. The Hall–Kier alpha value is -0.940. The highest BCUT2D eigenvalue weighted by Gasteiger charge is 2.20. The Labute approximate surface area is 113 Å². The van der Waals surface area contributed by atoms with Crippen LogP contribution in [0.2, 0.25) is 0 Å². The number of nitrogens with one attached hydrogen (secondary N) is 1. The van der Waals surface area contributed by atoms with E-state index in [2.05, 4.69) is 17.2 Å². The van der Waals surface area contributed by atoms with Crippen LogP contribution >= 0.6 is 11.3 Å². The van der Waals surface area contributed by atoms with E-state index in [1.807, 2.05) is 34.7 Å². The van der Waals surface area contributed by atoms with E-state index in [0.717, 1.165) is 17.2 Å². The van der Waals surface area contributed by atoms with E-state index in [1.54, 1.807) is 16.2 Å². The lowest BCUT2D eigenvalue weighted by Gasteiger charge is -2.23. The van der Waals surface area contributed by atoms with Crippen molar-refractivity contribution >= 4 is 17.2 Å². The molecule has 18 heavy (non-hydrogen) atoms. The van der Waals surface area contributed by atoms with Crippen LogP contribution < -0.4 is 5.32 Å². The van der Waals surface area contributed by atoms with E-state index in [1.165, 1.54) is 4.88 Å². The molecule has 2 unspecified atom stereocenters. The molecular formula is C13H23N3OS. The van der Waals surface area contributed by atoms with Crippen molar-refractivity contribution < 1.29 is 4.79 Å². The number of hydrogen-bond acceptors (Lipinski definition) is 4. The molecule has 0 radical (unpaired) electrons. The molecule has 0 aliphatic carbocycles. The average molecular weight is 269 g/mol. The fourth-order valence-corrected chi connectivity index (χ4v) is 2.90. The van der Waals surface area contributed by atoms with Crippen molar-refractivity contribution in [3.8, 4) is 0 Å². The van der Waals surface area contributed by atoms with Crippen LogP contribution in [0.25, 0.3) is 0 Å². The zero-order chi connectivity index (χ0) is 13.9. The first-order valence-electron chi connectivity index (χ1n) is 6.31. The standard InChI is InChI=1S/C13H23N3OS/c1-7-16(6)13(17)10(4)14-8(2)12-9(3)15-11(5)18-12/h8,10,14H,7H2,1-6H3. The third kappa shape index (κ3) is 3.53. The first-order chi connectivity index (χ1) is 8.36. The second-order valence-electron chi connectivity index (χ2n) is 4.65. The van der Waals surface area contributed by atoms with E-state index in [0.29, 0.717) is 0 Å². The summed E-state index contributed by atoms with van der Waals surface area (Å²) in [6, 6.07) is -0.0211. The molecule has 1 aromatic heterocycles. The van der Waals surface area contributed by atoms with Crippen molar-refractivity contribution in [2.75, 3.05) is 13.6 Å². The molecule has 1 rings (SSSR count). The first kappa shape index (κ1) is 15.1. The first-order valence-corrected chi connectivity index (χ1v) is 7.13. The van der Waals surface area contributed by atoms with Gasteiger partial charge in [-0.3, -0.25) is 10.1 Å². The molecule has 0 fully saturated rings. The molecule has 0 saturated heterocycles. The van der Waals surface area contributed by atoms with Crippen LogP contribution in [0.5, 0.6) is 0 Å². The van der Waals surface area contributed by atoms with Crippen LogP contribution in [0.3, 0.4) is 0 Å². The topological polar surface area (TPSA) is 45.2 Å². The average Bonchev–Trinajstić information content (AvgIpc) is 2.66. The number of rotatable bonds is 5. The van der Waals surface area contributed by atoms with Crippen LogP contribution in [0.15, 0.2) is 0 Å². The van der Waals surface area contributed by atoms with Crippen LogP contribution in [0.1, 0.15) is 42.4 Å². The summed E-state index contributed by atoms with van der Waals surface area (Å²) in [6.07, 6.45) is 0. The van der Waals surface area contributed by atoms with Gasteiger partial charge in [0.15, 0.2) is 0 Å². The Morgan fingerprint density at radius 1 is 1.44 bits per heavy atom. The minimum absolute atomic E-state index is 0.128. The summed E-state index contributed by atoms with van der Waals surface area (Å²) in [7, 11) is 1.83. The van der Waals surface area contributed by atoms with E-state index in [9.17, 15) is 4.79 Å². The Morgan fingerprint density at radius 3 is 2.50 bits per heavy atom. The molecule has 0 aliphatic heterocycles. The monoisotopic (exact) mass is 269 g/mol. The Kier molecular flexibility index (Phi) is 5.28. The highest BCUT2D eigenvalue weighted by Crippen LogP contribution is 2.24. The van der Waals surface area contributed by atoms with Gasteiger partial charge >= 0.3 is 0 Å². The zero-order valence-corrected chi connectivity index (χ0v) is 12.9. The van der Waals surface area contributed by atoms with E-state index >= 15 is 0 Å². The molecular weight excluding hydrogens is 246 g/mol. The van der Waals surface area contributed by atoms with Gasteiger partial charge in [0.1, 0.15) is 0 Å². The summed E-state index contributed by atoms with van der Waals surface area (Å²) >= 11 is 1.69. The van der Waals surface area contributed by atoms with E-state index in [4.69, 9.17) is 0 Å². The number of aryl methyl sites for hydroxylation is 2. The van der Waals surface area contributed by atoms with Crippen LogP contribution in [0, 0.1) is 13.8 Å². The Balaban J connectivity index is 2.67. The van der Waals surface area contributed by atoms with Crippen molar-refractivity contribution in [2.24, 2.45) is 0 Å². The van der Waals surface area contributed by atoms with Gasteiger partial charge in [0.05, 0.1) is 16.7 Å². The van der Waals surface area contributed by atoms with Gasteiger partial charge < -0.3 is 4.90 Å². The SMILES string of the molecule is CCN(C)C(=O)C(C)NC(C)c1sc(C)nc1C. The third-order valence-electron chi connectivity index (χ3n) is 3.05. The molecule has 0 spiro atoms. The molecule has 1 aromatic rings. The van der Waals surface area contributed by atoms with Gasteiger partial charge in [-0.2, -0.15) is 0 Å². The summed E-state index contributed by atoms with van der Waals surface area (Å²) < 4.78 is 0. The van der Waals surface area contributed by atoms with E-state index in [-0.39, 0.29) is 18.0 Å². The molecule has 1 amide bonds. The minimum atomic E-state index is -0.174. The lowest BCUT2D eigenvalue weighted by Crippen LogP contribution is -2.43. The van der Waals surface area contributed by atoms with Crippen LogP contribution in [0.4, 0.5) is 0 Å². The number of amides is 1. The summed E-state index contributed by atoms with van der Waals surface area (Å²) in [4.78, 5) is 19.3. The summed E-state index contributed by atoms with van der Waals surface area (Å²) in [5.41, 5.74) is 1.06. The summed E-state index contributed by atoms with van der Waals surface area (Å²) in [5, 5.41) is 4.41. The van der Waals surface area contributed by atoms with Crippen molar-refractivity contribution in [3.05, 3.63) is 15.6 Å². The smallest absolute Gasteiger partial charge is 0.239 e. The van der Waals surface area contributed by atoms with Crippen LogP contribution in [-0.2, 0) is 4.79 Å². The molecule has 0 aliphatic rings. The number of thiazole rings is 1. The van der Waals surface area contributed by atoms with Crippen molar-refractivity contribution in [2.45, 2.75) is 46.7 Å². The molecule has 0 bridgehead atoms. The molecule has 2 atom stereocenters. The number of carbonyl (C=O) groups is 1. The van der Waals surface area contributed by atoms with Crippen molar-refractivity contribution in [3.63, 3.8) is 0 Å². The molecule has 0 saturated carbocycles. The fourth-order valence-electron chi connectivity index (χ4n) is 1.96. The van der Waals surface area contributed by atoms with Gasteiger partial charge in [-0.25, -0.2) is 4.98 Å². The largest absolute Gasteiger partial charge is 0.345 e. The molecule has 5 heteroatoms. The van der Waals surface area contributed by atoms with Crippen LogP contribution in [-0.4, -0.2) is 35.4 Å². The maximum atomic E-state index is 12.0. The van der Waals surface area contributed by atoms with Gasteiger partial charge in [-0.05, 0) is 34.6 Å². The lowest BCUT2D eigenvalue weighted by atomic mass is 10.2. The molecule has 4 nitrogen and oxygen atoms in total. The zero-order valence-electron chi connectivity index (χ0n) is 12.1. The Bertz CT molecular complexity index is 416. The van der Waals surface area contributed by atoms with Gasteiger partial charge in [-0.15, -0.1) is 11.3 Å². The van der Waals surface area contributed by atoms with Crippen molar-refractivity contribution in [1.29, 1.82) is 0 Å². The number of aromatic nitrogens is 1. The predicted octanol–water partition coefficient (Wildman–Crippen LogP) is 2.28. The maximum absolute atomic E-state index is 12.0. The second-order valence-corrected chi connectivity index (χ2v) is 5.88. The summed E-state index contributed by atoms with van der Waals surface area (Å²) in [6.45, 7) is 10.7. The number of likely N-dealkylation sites (N-methyl/N-ethyl adjacent to an activating group) is 1. The highest BCUT2D eigenvalue weighted by molar-refractivity contribution is 7.11. The predicted molar refractivity (Wildman–Crippen MR) is 75.9 cm³/mol. The molecule has 1 N–H and O–H groups in total. The second kappa shape index (κ2) is 6.29. The van der Waals surface area contributed by atoms with Gasteiger partial charge in [0, 0.05) is 24.5 Å². The van der Waals surface area contributed by atoms with Gasteiger partial charge in [-0.1, -0.05) is 0 Å². The summed E-state index contributed by atoms with van der Waals surface area (Å²) in [5.74, 6) is 0.128. The Morgan fingerprint density at radius 2 is 2.06 bits per heavy atom. The highest BCUT2D eigenvalue weighted by atomic mass is 32.1.